The number of aryl methyl sites for hydroxylation is 1. The van der Waals surface area contributed by atoms with E-state index in [1.165, 1.54) is 0 Å². The fourth-order valence-corrected chi connectivity index (χ4v) is 6.02. The van der Waals surface area contributed by atoms with Gasteiger partial charge in [-0.3, -0.25) is 5.32 Å². The summed E-state index contributed by atoms with van der Waals surface area (Å²) >= 11 is 6.21. The summed E-state index contributed by atoms with van der Waals surface area (Å²) in [5, 5.41) is 3.94. The third-order valence-corrected chi connectivity index (χ3v) is 8.41. The topological polar surface area (TPSA) is 84.5 Å². The van der Waals surface area contributed by atoms with Crippen LogP contribution in [0.2, 0.25) is 5.02 Å². The van der Waals surface area contributed by atoms with Crippen LogP contribution in [0, 0.1) is 6.92 Å². The van der Waals surface area contributed by atoms with Crippen molar-refractivity contribution in [2.24, 2.45) is 0 Å². The van der Waals surface area contributed by atoms with Crippen LogP contribution in [0.5, 0.6) is 0 Å². The first-order valence-corrected chi connectivity index (χ1v) is 14.9. The van der Waals surface area contributed by atoms with E-state index in [-0.39, 0.29) is 17.9 Å². The Kier molecular flexibility index (Phi) is 9.76. The molecule has 40 heavy (non-hydrogen) atoms. The number of benzene rings is 4. The Balaban J connectivity index is 1.90. The molecule has 2 N–H and O–H groups in total. The fourth-order valence-electron chi connectivity index (χ4n) is 4.61. The number of carbonyl (C=O) groups is 1. The molecule has 6 nitrogen and oxygen atoms in total. The van der Waals surface area contributed by atoms with E-state index in [2.05, 4.69) is 10.0 Å². The van der Waals surface area contributed by atoms with E-state index in [4.69, 9.17) is 16.3 Å². The number of sulfonamides is 1. The Morgan fingerprint density at radius 1 is 0.850 bits per heavy atom. The van der Waals surface area contributed by atoms with Gasteiger partial charge in [0.15, 0.2) is 0 Å². The summed E-state index contributed by atoms with van der Waals surface area (Å²) in [7, 11) is -4.07. The largest absolute Gasteiger partial charge is 0.465 e. The lowest BCUT2D eigenvalue weighted by Gasteiger charge is -2.40. The van der Waals surface area contributed by atoms with E-state index in [1.807, 2.05) is 67.6 Å². The van der Waals surface area contributed by atoms with Crippen LogP contribution in [0.25, 0.3) is 0 Å². The van der Waals surface area contributed by atoms with Crippen LogP contribution in [0.1, 0.15) is 35.2 Å². The van der Waals surface area contributed by atoms with Crippen molar-refractivity contribution in [2.75, 3.05) is 6.61 Å². The number of halogens is 1. The predicted octanol–water partition coefficient (Wildman–Crippen LogP) is 6.00. The summed E-state index contributed by atoms with van der Waals surface area (Å²) in [5.41, 5.74) is 1.73. The molecule has 8 heteroatoms. The normalized spacial score (nSPS) is 13.8. The summed E-state index contributed by atoms with van der Waals surface area (Å²) in [6.07, 6.45) is 0.156. The molecule has 0 amide bonds. The molecule has 0 aliphatic rings. The maximum absolute atomic E-state index is 14.1. The second-order valence-corrected chi connectivity index (χ2v) is 11.8. The Bertz CT molecular complexity index is 1500. The van der Waals surface area contributed by atoms with Gasteiger partial charge in [0.05, 0.1) is 17.5 Å². The molecule has 0 aromatic heterocycles. The molecule has 4 rings (SSSR count). The van der Waals surface area contributed by atoms with Crippen molar-refractivity contribution in [3.63, 3.8) is 0 Å². The number of rotatable bonds is 12. The number of carbonyl (C=O) groups excluding carboxylic acids is 1. The first-order valence-electron chi connectivity index (χ1n) is 13.1. The average Bonchev–Trinajstić information content (AvgIpc) is 2.96. The lowest BCUT2D eigenvalue weighted by atomic mass is 9.80. The van der Waals surface area contributed by atoms with Gasteiger partial charge in [-0.15, -0.1) is 0 Å². The van der Waals surface area contributed by atoms with Crippen LogP contribution in [0.3, 0.4) is 0 Å². The Morgan fingerprint density at radius 3 is 2.00 bits per heavy atom. The van der Waals surface area contributed by atoms with E-state index in [0.717, 1.165) is 16.7 Å². The van der Waals surface area contributed by atoms with Gasteiger partial charge >= 0.3 is 5.97 Å². The number of hydrogen-bond acceptors (Lipinski definition) is 5. The maximum Gasteiger partial charge on any atom is 0.328 e. The van der Waals surface area contributed by atoms with Gasteiger partial charge < -0.3 is 4.74 Å². The smallest absolute Gasteiger partial charge is 0.328 e. The van der Waals surface area contributed by atoms with Crippen molar-refractivity contribution in [3.8, 4) is 0 Å². The molecule has 208 valence electrons. The van der Waals surface area contributed by atoms with E-state index >= 15 is 0 Å². The van der Waals surface area contributed by atoms with Gasteiger partial charge in [-0.2, -0.15) is 0 Å². The third kappa shape index (κ3) is 7.17. The zero-order valence-corrected chi connectivity index (χ0v) is 24.1. The number of esters is 1. The molecule has 0 spiro atoms. The van der Waals surface area contributed by atoms with E-state index < -0.39 is 27.6 Å². The van der Waals surface area contributed by atoms with Crippen LogP contribution in [0.4, 0.5) is 0 Å². The Hall–Kier alpha value is -3.49. The molecule has 0 radical (unpaired) electrons. The standard InChI is InChI=1S/C32H33ClN2O4S/c1-3-39-31(36)32(22-25-10-6-4-7-11-25,34-23-26-12-8-5-9-13-26)30(27-16-18-28(33)19-17-27)35-40(37,38)29-20-14-24(2)15-21-29/h4-21,30,34-35H,3,22-23H2,1-2H3/t30-,32-/m1/s1. The van der Waals surface area contributed by atoms with Crippen LogP contribution < -0.4 is 10.0 Å². The number of nitrogens with one attached hydrogen (secondary N) is 2. The molecule has 0 fully saturated rings. The molecule has 4 aromatic rings. The third-order valence-electron chi connectivity index (χ3n) is 6.72. The quantitative estimate of drug-likeness (QED) is 0.202. The summed E-state index contributed by atoms with van der Waals surface area (Å²) in [5.74, 6) is -0.568. The van der Waals surface area contributed by atoms with E-state index in [9.17, 15) is 13.2 Å². The van der Waals surface area contributed by atoms with Crippen molar-refractivity contribution in [1.29, 1.82) is 0 Å². The Morgan fingerprint density at radius 2 is 1.43 bits per heavy atom. The lowest BCUT2D eigenvalue weighted by Crippen LogP contribution is -2.62. The molecule has 4 aromatic carbocycles. The maximum atomic E-state index is 14.1. The van der Waals surface area contributed by atoms with Crippen molar-refractivity contribution >= 4 is 27.6 Å². The molecule has 0 saturated carbocycles. The molecule has 0 unspecified atom stereocenters. The van der Waals surface area contributed by atoms with E-state index in [1.54, 1.807) is 55.5 Å². The molecular formula is C32H33ClN2O4S. The number of ether oxygens (including phenoxy) is 1. The van der Waals surface area contributed by atoms with Gasteiger partial charge in [-0.25, -0.2) is 17.9 Å². The van der Waals surface area contributed by atoms with Crippen LogP contribution >= 0.6 is 11.6 Å². The highest BCUT2D eigenvalue weighted by molar-refractivity contribution is 7.89. The highest BCUT2D eigenvalue weighted by Crippen LogP contribution is 2.34. The fraction of sp³-hybridized carbons (Fsp3) is 0.219. The average molecular weight is 577 g/mol. The zero-order valence-electron chi connectivity index (χ0n) is 22.5. The lowest BCUT2D eigenvalue weighted by molar-refractivity contribution is -0.152. The highest BCUT2D eigenvalue weighted by Gasteiger charge is 2.49. The van der Waals surface area contributed by atoms with Gasteiger partial charge in [0.25, 0.3) is 0 Å². The second-order valence-electron chi connectivity index (χ2n) is 9.61. The SMILES string of the molecule is CCOC(=O)[C@](Cc1ccccc1)(NCc1ccccc1)[C@H](NS(=O)(=O)c1ccc(C)cc1)c1ccc(Cl)cc1. The monoisotopic (exact) mass is 576 g/mol. The number of hydrogen-bond donors (Lipinski definition) is 2. The van der Waals surface area contributed by atoms with Crippen LogP contribution in [-0.4, -0.2) is 26.5 Å². The van der Waals surface area contributed by atoms with Crippen LogP contribution in [0.15, 0.2) is 114 Å². The highest BCUT2D eigenvalue weighted by atomic mass is 35.5. The van der Waals surface area contributed by atoms with Crippen molar-refractivity contribution < 1.29 is 17.9 Å². The summed E-state index contributed by atoms with van der Waals surface area (Å²) in [4.78, 5) is 14.2. The minimum atomic E-state index is -4.07. The molecule has 0 heterocycles. The summed E-state index contributed by atoms with van der Waals surface area (Å²) in [6.45, 7) is 4.04. The van der Waals surface area contributed by atoms with Gasteiger partial charge in [-0.05, 0) is 54.8 Å². The van der Waals surface area contributed by atoms with Crippen molar-refractivity contribution in [2.45, 2.75) is 43.3 Å². The zero-order chi connectivity index (χ0) is 28.6. The minimum absolute atomic E-state index is 0.0950. The predicted molar refractivity (Wildman–Crippen MR) is 158 cm³/mol. The van der Waals surface area contributed by atoms with Gasteiger partial charge in [0, 0.05) is 18.0 Å². The molecule has 0 saturated heterocycles. The summed E-state index contributed by atoms with van der Waals surface area (Å²) in [6, 6.07) is 31.5. The van der Waals surface area contributed by atoms with E-state index in [0.29, 0.717) is 17.1 Å². The second kappa shape index (κ2) is 13.2. The molecule has 0 aliphatic heterocycles. The molecule has 0 aliphatic carbocycles. The first kappa shape index (κ1) is 29.5. The Labute approximate surface area is 241 Å². The van der Waals surface area contributed by atoms with Gasteiger partial charge in [0.1, 0.15) is 5.54 Å². The molecule has 0 bridgehead atoms. The minimum Gasteiger partial charge on any atom is -0.465 e. The van der Waals surface area contributed by atoms with Gasteiger partial charge in [0.2, 0.25) is 10.0 Å². The van der Waals surface area contributed by atoms with Gasteiger partial charge in [-0.1, -0.05) is 102 Å². The molecular weight excluding hydrogens is 544 g/mol. The molecule has 2 atom stereocenters. The van der Waals surface area contributed by atoms with Crippen molar-refractivity contribution in [3.05, 3.63) is 136 Å². The van der Waals surface area contributed by atoms with Crippen molar-refractivity contribution in [1.82, 2.24) is 10.0 Å². The first-order chi connectivity index (χ1) is 19.2. The van der Waals surface area contributed by atoms with Crippen LogP contribution in [-0.2, 0) is 32.5 Å². The summed E-state index contributed by atoms with van der Waals surface area (Å²) < 4.78 is 36.2.